The first kappa shape index (κ1) is 11.8. The van der Waals surface area contributed by atoms with Crippen molar-refractivity contribution in [1.82, 2.24) is 0 Å². The molecular formula is C16H16N2O. The zero-order chi connectivity index (χ0) is 13.1. The summed E-state index contributed by atoms with van der Waals surface area (Å²) >= 11 is 0. The maximum Gasteiger partial charge on any atom is 0.127 e. The highest BCUT2D eigenvalue weighted by Gasteiger charge is 2.18. The molecule has 2 aromatic carbocycles. The second-order valence-corrected chi connectivity index (χ2v) is 4.61. The summed E-state index contributed by atoms with van der Waals surface area (Å²) in [5.74, 6) is 2.36. The number of para-hydroxylation sites is 1. The molecule has 0 amide bonds. The number of rotatable bonds is 3. The van der Waals surface area contributed by atoms with Gasteiger partial charge in [-0.05, 0) is 42.8 Å². The van der Waals surface area contributed by atoms with Gasteiger partial charge in [0.25, 0.3) is 0 Å². The van der Waals surface area contributed by atoms with Crippen molar-refractivity contribution in [2.45, 2.75) is 12.8 Å². The van der Waals surface area contributed by atoms with Gasteiger partial charge in [-0.25, -0.2) is 0 Å². The van der Waals surface area contributed by atoms with E-state index in [2.05, 4.69) is 0 Å². The van der Waals surface area contributed by atoms with Crippen molar-refractivity contribution in [3.05, 3.63) is 54.6 Å². The van der Waals surface area contributed by atoms with Crippen LogP contribution in [-0.4, -0.2) is 12.4 Å². The Morgan fingerprint density at radius 3 is 2.21 bits per heavy atom. The van der Waals surface area contributed by atoms with Gasteiger partial charge in [-0.2, -0.15) is 0 Å². The lowest BCUT2D eigenvalue weighted by molar-refractivity contribution is 0.483. The Labute approximate surface area is 113 Å². The van der Waals surface area contributed by atoms with E-state index < -0.39 is 0 Å². The Kier molecular flexibility index (Phi) is 3.19. The molecule has 1 heterocycles. The first-order valence-electron chi connectivity index (χ1n) is 6.51. The summed E-state index contributed by atoms with van der Waals surface area (Å²) in [5, 5.41) is 7.87. The second-order valence-electron chi connectivity index (χ2n) is 4.61. The third kappa shape index (κ3) is 2.60. The molecule has 0 atom stereocenters. The zero-order valence-corrected chi connectivity index (χ0v) is 10.7. The molecule has 0 aliphatic carbocycles. The summed E-state index contributed by atoms with van der Waals surface area (Å²) in [6.07, 6.45) is 1.95. The molecule has 0 unspecified atom stereocenters. The third-order valence-electron chi connectivity index (χ3n) is 3.25. The summed E-state index contributed by atoms with van der Waals surface area (Å²) in [6, 6.07) is 17.7. The fraction of sp³-hybridized carbons (Fsp3) is 0.188. The fourth-order valence-corrected chi connectivity index (χ4v) is 2.28. The molecule has 19 heavy (non-hydrogen) atoms. The monoisotopic (exact) mass is 252 g/mol. The predicted octanol–water partition coefficient (Wildman–Crippen LogP) is 4.06. The standard InChI is InChI=1S/C16H16N2O/c17-16-7-4-12-18(16)13-8-10-15(11-9-13)19-14-5-2-1-3-6-14/h1-3,5-6,8-11,17H,4,7,12H2. The molecule has 2 aromatic rings. The number of hydrogen-bond acceptors (Lipinski definition) is 2. The summed E-state index contributed by atoms with van der Waals surface area (Å²) in [6.45, 7) is 0.942. The maximum absolute atomic E-state index is 7.87. The number of nitrogens with zero attached hydrogens (tertiary/aromatic N) is 1. The Morgan fingerprint density at radius 1 is 0.895 bits per heavy atom. The molecular weight excluding hydrogens is 236 g/mol. The average Bonchev–Trinajstić information content (AvgIpc) is 2.87. The van der Waals surface area contributed by atoms with Crippen LogP contribution in [0.15, 0.2) is 54.6 Å². The SMILES string of the molecule is N=C1CCCN1c1ccc(Oc2ccccc2)cc1. The molecule has 1 aliphatic heterocycles. The van der Waals surface area contributed by atoms with Crippen LogP contribution in [0, 0.1) is 5.41 Å². The normalized spacial score (nSPS) is 14.7. The van der Waals surface area contributed by atoms with Gasteiger partial charge in [-0.1, -0.05) is 18.2 Å². The van der Waals surface area contributed by atoms with E-state index in [9.17, 15) is 0 Å². The van der Waals surface area contributed by atoms with E-state index in [0.717, 1.165) is 36.6 Å². The largest absolute Gasteiger partial charge is 0.457 e. The summed E-state index contributed by atoms with van der Waals surface area (Å²) in [7, 11) is 0. The van der Waals surface area contributed by atoms with Crippen LogP contribution in [0.2, 0.25) is 0 Å². The van der Waals surface area contributed by atoms with Gasteiger partial charge in [0.2, 0.25) is 0 Å². The Hall–Kier alpha value is -2.29. The van der Waals surface area contributed by atoms with E-state index in [0.29, 0.717) is 5.84 Å². The number of anilines is 1. The number of amidine groups is 1. The molecule has 3 heteroatoms. The van der Waals surface area contributed by atoms with Gasteiger partial charge >= 0.3 is 0 Å². The molecule has 3 nitrogen and oxygen atoms in total. The lowest BCUT2D eigenvalue weighted by Crippen LogP contribution is -2.22. The minimum atomic E-state index is 0.705. The summed E-state index contributed by atoms with van der Waals surface area (Å²) in [5.41, 5.74) is 1.07. The van der Waals surface area contributed by atoms with Crippen molar-refractivity contribution in [2.24, 2.45) is 0 Å². The minimum Gasteiger partial charge on any atom is -0.457 e. The van der Waals surface area contributed by atoms with Gasteiger partial charge in [0.15, 0.2) is 0 Å². The van der Waals surface area contributed by atoms with Crippen molar-refractivity contribution in [3.63, 3.8) is 0 Å². The van der Waals surface area contributed by atoms with E-state index in [-0.39, 0.29) is 0 Å². The quantitative estimate of drug-likeness (QED) is 0.894. The molecule has 0 bridgehead atoms. The van der Waals surface area contributed by atoms with Crippen molar-refractivity contribution in [3.8, 4) is 11.5 Å². The Morgan fingerprint density at radius 2 is 1.58 bits per heavy atom. The number of nitrogens with one attached hydrogen (secondary N) is 1. The van der Waals surface area contributed by atoms with Crippen LogP contribution in [0.1, 0.15) is 12.8 Å². The third-order valence-corrected chi connectivity index (χ3v) is 3.25. The Bertz CT molecular complexity index is 563. The van der Waals surface area contributed by atoms with Crippen LogP contribution < -0.4 is 9.64 Å². The average molecular weight is 252 g/mol. The lowest BCUT2D eigenvalue weighted by Gasteiger charge is -2.18. The van der Waals surface area contributed by atoms with Crippen molar-refractivity contribution < 1.29 is 4.74 Å². The molecule has 1 N–H and O–H groups in total. The van der Waals surface area contributed by atoms with Gasteiger partial charge in [0.05, 0.1) is 0 Å². The van der Waals surface area contributed by atoms with Crippen LogP contribution >= 0.6 is 0 Å². The molecule has 0 aromatic heterocycles. The fourth-order valence-electron chi connectivity index (χ4n) is 2.28. The van der Waals surface area contributed by atoms with E-state index in [1.807, 2.05) is 59.5 Å². The predicted molar refractivity (Wildman–Crippen MR) is 77.3 cm³/mol. The van der Waals surface area contributed by atoms with Gasteiger partial charge in [0.1, 0.15) is 17.3 Å². The Balaban J connectivity index is 1.74. The second kappa shape index (κ2) is 5.14. The van der Waals surface area contributed by atoms with Crippen LogP contribution in [-0.2, 0) is 0 Å². The van der Waals surface area contributed by atoms with Crippen LogP contribution in [0.4, 0.5) is 5.69 Å². The molecule has 0 radical (unpaired) electrons. The molecule has 96 valence electrons. The van der Waals surface area contributed by atoms with E-state index in [1.165, 1.54) is 0 Å². The van der Waals surface area contributed by atoms with E-state index in [1.54, 1.807) is 0 Å². The number of ether oxygens (including phenoxy) is 1. The lowest BCUT2D eigenvalue weighted by atomic mass is 10.2. The minimum absolute atomic E-state index is 0.705. The van der Waals surface area contributed by atoms with Crippen LogP contribution in [0.3, 0.4) is 0 Å². The maximum atomic E-state index is 7.87. The van der Waals surface area contributed by atoms with E-state index in [4.69, 9.17) is 10.1 Å². The molecule has 1 fully saturated rings. The molecule has 0 saturated carbocycles. The molecule has 3 rings (SSSR count). The highest BCUT2D eigenvalue weighted by molar-refractivity contribution is 5.97. The van der Waals surface area contributed by atoms with Gasteiger partial charge < -0.3 is 9.64 Å². The molecule has 0 spiro atoms. The number of benzene rings is 2. The summed E-state index contributed by atoms with van der Waals surface area (Å²) < 4.78 is 5.75. The zero-order valence-electron chi connectivity index (χ0n) is 10.7. The molecule has 1 saturated heterocycles. The van der Waals surface area contributed by atoms with Crippen LogP contribution in [0.25, 0.3) is 0 Å². The van der Waals surface area contributed by atoms with Crippen molar-refractivity contribution in [2.75, 3.05) is 11.4 Å². The van der Waals surface area contributed by atoms with Gasteiger partial charge in [0, 0.05) is 18.7 Å². The first-order valence-corrected chi connectivity index (χ1v) is 6.51. The van der Waals surface area contributed by atoms with Crippen molar-refractivity contribution in [1.29, 1.82) is 5.41 Å². The highest BCUT2D eigenvalue weighted by Crippen LogP contribution is 2.26. The van der Waals surface area contributed by atoms with Gasteiger partial charge in [-0.3, -0.25) is 5.41 Å². The highest BCUT2D eigenvalue weighted by atomic mass is 16.5. The molecule has 1 aliphatic rings. The topological polar surface area (TPSA) is 36.3 Å². The van der Waals surface area contributed by atoms with Crippen molar-refractivity contribution >= 4 is 11.5 Å². The van der Waals surface area contributed by atoms with E-state index >= 15 is 0 Å². The van der Waals surface area contributed by atoms with Crippen LogP contribution in [0.5, 0.6) is 11.5 Å². The van der Waals surface area contributed by atoms with Gasteiger partial charge in [-0.15, -0.1) is 0 Å². The first-order chi connectivity index (χ1) is 9.33. The smallest absolute Gasteiger partial charge is 0.127 e. The number of hydrogen-bond donors (Lipinski definition) is 1. The summed E-state index contributed by atoms with van der Waals surface area (Å²) in [4.78, 5) is 2.05.